The van der Waals surface area contributed by atoms with Gasteiger partial charge < -0.3 is 10.0 Å². The number of hydrogen-bond donors (Lipinski definition) is 1. The minimum Gasteiger partial charge on any atom is -0.380 e. The van der Waals surface area contributed by atoms with Gasteiger partial charge in [-0.1, -0.05) is 30.3 Å². The van der Waals surface area contributed by atoms with E-state index in [4.69, 9.17) is 0 Å². The summed E-state index contributed by atoms with van der Waals surface area (Å²) in [5, 5.41) is 21.9. The molecule has 2 aromatic carbocycles. The number of nitrogens with zero attached hydrogens (tertiary/aromatic N) is 2. The minimum atomic E-state index is -1.67. The number of amides is 1. The van der Waals surface area contributed by atoms with Gasteiger partial charge in [-0.2, -0.15) is 0 Å². The van der Waals surface area contributed by atoms with Gasteiger partial charge in [0.15, 0.2) is 5.78 Å². The number of Topliss-reactive ketones (excluding diaryl/α,β-unsaturated/α-hetero) is 1. The Hall–Kier alpha value is -3.06. The van der Waals surface area contributed by atoms with Crippen LogP contribution in [-0.2, 0) is 0 Å². The fourth-order valence-electron chi connectivity index (χ4n) is 3.25. The molecule has 0 spiro atoms. The number of ketones is 1. The molecule has 27 heavy (non-hydrogen) atoms. The van der Waals surface area contributed by atoms with Crippen LogP contribution in [0.15, 0.2) is 48.5 Å². The fraction of sp³-hybridized carbons (Fsp3) is 0.300. The fourth-order valence-corrected chi connectivity index (χ4v) is 3.25. The van der Waals surface area contributed by atoms with E-state index in [0.29, 0.717) is 13.1 Å². The van der Waals surface area contributed by atoms with E-state index >= 15 is 0 Å². The molecule has 1 atom stereocenters. The second kappa shape index (κ2) is 8.09. The molecule has 3 rings (SSSR count). The number of aliphatic hydroxyl groups is 1. The molecule has 0 aromatic heterocycles. The van der Waals surface area contributed by atoms with E-state index < -0.39 is 22.5 Å². The Morgan fingerprint density at radius 1 is 1.00 bits per heavy atom. The molecule has 140 valence electrons. The van der Waals surface area contributed by atoms with Crippen LogP contribution >= 0.6 is 0 Å². The summed E-state index contributed by atoms with van der Waals surface area (Å²) in [4.78, 5) is 37.5. The van der Waals surface area contributed by atoms with E-state index in [0.717, 1.165) is 25.3 Å². The maximum Gasteiger partial charge on any atom is 0.276 e. The molecule has 1 unspecified atom stereocenters. The van der Waals surface area contributed by atoms with Crippen molar-refractivity contribution < 1.29 is 19.6 Å². The lowest BCUT2D eigenvalue weighted by Gasteiger charge is -2.26. The zero-order chi connectivity index (χ0) is 19.4. The molecule has 1 heterocycles. The monoisotopic (exact) mass is 368 g/mol. The molecule has 0 bridgehead atoms. The highest BCUT2D eigenvalue weighted by molar-refractivity contribution is 6.01. The zero-order valence-corrected chi connectivity index (χ0v) is 14.7. The number of carbonyl (C=O) groups excluding carboxylic acids is 2. The number of benzene rings is 2. The van der Waals surface area contributed by atoms with Crippen molar-refractivity contribution in [3.8, 4) is 0 Å². The molecule has 1 aliphatic heterocycles. The molecule has 2 aromatic rings. The van der Waals surface area contributed by atoms with Crippen molar-refractivity contribution >= 4 is 17.4 Å². The van der Waals surface area contributed by atoms with E-state index in [2.05, 4.69) is 0 Å². The Morgan fingerprint density at radius 3 is 2.30 bits per heavy atom. The molecule has 0 saturated carbocycles. The number of carbonyl (C=O) groups is 2. The summed E-state index contributed by atoms with van der Waals surface area (Å²) in [6.07, 6.45) is 1.22. The van der Waals surface area contributed by atoms with Crippen LogP contribution in [0.2, 0.25) is 0 Å². The van der Waals surface area contributed by atoms with Crippen molar-refractivity contribution in [2.24, 2.45) is 0 Å². The summed E-state index contributed by atoms with van der Waals surface area (Å²) in [5.41, 5.74) is -0.113. The van der Waals surface area contributed by atoms with Gasteiger partial charge in [0.2, 0.25) is 0 Å². The van der Waals surface area contributed by atoms with Crippen LogP contribution in [0.25, 0.3) is 0 Å². The zero-order valence-electron chi connectivity index (χ0n) is 14.7. The van der Waals surface area contributed by atoms with E-state index in [1.807, 2.05) is 0 Å². The highest BCUT2D eigenvalue weighted by Crippen LogP contribution is 2.29. The topological polar surface area (TPSA) is 101 Å². The predicted octanol–water partition coefficient (Wildman–Crippen LogP) is 3.14. The SMILES string of the molecule is O=C(c1ccccc1)C(O)c1ccc(C(=O)N2CCCCC2)cc1[N+](=O)[O-]. The molecule has 7 nitrogen and oxygen atoms in total. The van der Waals surface area contributed by atoms with Crippen LogP contribution in [0.1, 0.15) is 51.6 Å². The van der Waals surface area contributed by atoms with Crippen LogP contribution in [0.3, 0.4) is 0 Å². The standard InChI is InChI=1S/C20H20N2O5/c23-18(14-7-3-1-4-8-14)19(24)16-10-9-15(13-17(16)22(26)27)20(25)21-11-5-2-6-12-21/h1,3-4,7-10,13,19,24H,2,5-6,11-12H2. The number of likely N-dealkylation sites (tertiary alicyclic amines) is 1. The van der Waals surface area contributed by atoms with Gasteiger partial charge in [-0.3, -0.25) is 19.7 Å². The number of hydrogen-bond acceptors (Lipinski definition) is 5. The van der Waals surface area contributed by atoms with E-state index in [-0.39, 0.29) is 22.6 Å². The van der Waals surface area contributed by atoms with E-state index in [1.54, 1.807) is 23.1 Å². The average molecular weight is 368 g/mol. The molecule has 1 fully saturated rings. The van der Waals surface area contributed by atoms with Crippen molar-refractivity contribution in [3.63, 3.8) is 0 Å². The largest absolute Gasteiger partial charge is 0.380 e. The van der Waals surface area contributed by atoms with Crippen molar-refractivity contribution in [2.75, 3.05) is 13.1 Å². The quantitative estimate of drug-likeness (QED) is 0.496. The van der Waals surface area contributed by atoms with Gasteiger partial charge in [-0.05, 0) is 31.4 Å². The third-order valence-electron chi connectivity index (χ3n) is 4.72. The van der Waals surface area contributed by atoms with Gasteiger partial charge >= 0.3 is 0 Å². The Bertz CT molecular complexity index is 860. The summed E-state index contributed by atoms with van der Waals surface area (Å²) < 4.78 is 0. The van der Waals surface area contributed by atoms with E-state index in [1.165, 1.54) is 24.3 Å². The first-order valence-corrected chi connectivity index (χ1v) is 8.84. The molecule has 1 N–H and O–H groups in total. The lowest BCUT2D eigenvalue weighted by molar-refractivity contribution is -0.386. The average Bonchev–Trinajstić information content (AvgIpc) is 2.73. The summed E-state index contributed by atoms with van der Waals surface area (Å²) in [6.45, 7) is 1.26. The lowest BCUT2D eigenvalue weighted by atomic mass is 9.97. The summed E-state index contributed by atoms with van der Waals surface area (Å²) in [6, 6.07) is 12.0. The third kappa shape index (κ3) is 4.03. The second-order valence-electron chi connectivity index (χ2n) is 6.52. The van der Waals surface area contributed by atoms with Crippen LogP contribution in [0.4, 0.5) is 5.69 Å². The molecule has 1 aliphatic rings. The highest BCUT2D eigenvalue weighted by atomic mass is 16.6. The second-order valence-corrected chi connectivity index (χ2v) is 6.52. The molecule has 1 amide bonds. The summed E-state index contributed by atoms with van der Waals surface area (Å²) >= 11 is 0. The summed E-state index contributed by atoms with van der Waals surface area (Å²) in [5.74, 6) is -0.901. The maximum atomic E-state index is 12.6. The van der Waals surface area contributed by atoms with Gasteiger partial charge in [0.1, 0.15) is 6.10 Å². The highest BCUT2D eigenvalue weighted by Gasteiger charge is 2.29. The smallest absolute Gasteiger partial charge is 0.276 e. The molecule has 0 aliphatic carbocycles. The van der Waals surface area contributed by atoms with Gasteiger partial charge in [0.25, 0.3) is 11.6 Å². The molecule has 1 saturated heterocycles. The third-order valence-corrected chi connectivity index (χ3v) is 4.72. The first-order valence-electron chi connectivity index (χ1n) is 8.84. The minimum absolute atomic E-state index is 0.121. The molecule has 7 heteroatoms. The number of nitro benzene ring substituents is 1. The van der Waals surface area contributed by atoms with Gasteiger partial charge in [-0.25, -0.2) is 0 Å². The van der Waals surface area contributed by atoms with Crippen LogP contribution in [0.5, 0.6) is 0 Å². The number of rotatable bonds is 5. The number of piperidine rings is 1. The predicted molar refractivity (Wildman–Crippen MR) is 98.6 cm³/mol. The Morgan fingerprint density at radius 2 is 1.67 bits per heavy atom. The maximum absolute atomic E-state index is 12.6. The van der Waals surface area contributed by atoms with Crippen molar-refractivity contribution in [1.82, 2.24) is 4.90 Å². The van der Waals surface area contributed by atoms with Crippen LogP contribution < -0.4 is 0 Å². The van der Waals surface area contributed by atoms with Gasteiger partial charge in [0, 0.05) is 30.3 Å². The molecule has 0 radical (unpaired) electrons. The van der Waals surface area contributed by atoms with Gasteiger partial charge in [0.05, 0.1) is 10.5 Å². The number of nitro groups is 1. The van der Waals surface area contributed by atoms with Crippen LogP contribution in [-0.4, -0.2) is 39.7 Å². The first-order chi connectivity index (χ1) is 13.0. The summed E-state index contributed by atoms with van der Waals surface area (Å²) in [7, 11) is 0. The number of aliphatic hydroxyl groups excluding tert-OH is 1. The van der Waals surface area contributed by atoms with Crippen molar-refractivity contribution in [2.45, 2.75) is 25.4 Å². The Balaban J connectivity index is 1.91. The van der Waals surface area contributed by atoms with Crippen molar-refractivity contribution in [1.29, 1.82) is 0 Å². The normalized spacial score (nSPS) is 15.2. The molecular formula is C20H20N2O5. The Kier molecular flexibility index (Phi) is 5.61. The first kappa shape index (κ1) is 18.7. The lowest BCUT2D eigenvalue weighted by Crippen LogP contribution is -2.35. The molecular weight excluding hydrogens is 348 g/mol. The van der Waals surface area contributed by atoms with E-state index in [9.17, 15) is 24.8 Å². The van der Waals surface area contributed by atoms with Crippen molar-refractivity contribution in [3.05, 3.63) is 75.3 Å². The van der Waals surface area contributed by atoms with Gasteiger partial charge in [-0.15, -0.1) is 0 Å². The van der Waals surface area contributed by atoms with Crippen LogP contribution in [0, 0.1) is 10.1 Å². The Labute approximate surface area is 156 Å².